The Hall–Kier alpha value is -2.00. The molecule has 2 aromatic carbocycles. The molecule has 0 aliphatic rings. The number of aromatic hydroxyl groups is 2. The highest BCUT2D eigenvalue weighted by Crippen LogP contribution is 2.25. The molecule has 0 saturated carbocycles. The van der Waals surface area contributed by atoms with Crippen LogP contribution in [-0.4, -0.2) is 10.2 Å². The van der Waals surface area contributed by atoms with Gasteiger partial charge in [0, 0.05) is 12.6 Å². The lowest BCUT2D eigenvalue weighted by molar-refractivity contribution is 0.402. The summed E-state index contributed by atoms with van der Waals surface area (Å²) in [5.41, 5.74) is 4.75. The van der Waals surface area contributed by atoms with E-state index in [9.17, 15) is 10.2 Å². The Morgan fingerprint density at radius 1 is 1.00 bits per heavy atom. The van der Waals surface area contributed by atoms with Gasteiger partial charge in [0.15, 0.2) is 11.5 Å². The van der Waals surface area contributed by atoms with Crippen LogP contribution in [0, 0.1) is 13.8 Å². The van der Waals surface area contributed by atoms with Crippen molar-refractivity contribution < 1.29 is 10.2 Å². The molecule has 3 N–H and O–H groups in total. The number of aryl methyl sites for hydroxylation is 2. The average molecular weight is 271 g/mol. The summed E-state index contributed by atoms with van der Waals surface area (Å²) in [6.07, 6.45) is 0. The Morgan fingerprint density at radius 3 is 2.45 bits per heavy atom. The molecule has 0 spiro atoms. The summed E-state index contributed by atoms with van der Waals surface area (Å²) in [4.78, 5) is 0. The number of phenols is 2. The standard InChI is InChI=1S/C17H21NO2/c1-11-4-5-12(2)15(8-11)13(3)18-10-14-6-7-16(19)17(20)9-14/h4-9,13,18-20H,10H2,1-3H3. The lowest BCUT2D eigenvalue weighted by Gasteiger charge is -2.17. The Bertz CT molecular complexity index is 608. The molecule has 0 amide bonds. The van der Waals surface area contributed by atoms with Crippen molar-refractivity contribution >= 4 is 0 Å². The van der Waals surface area contributed by atoms with E-state index in [1.807, 2.05) is 0 Å². The number of rotatable bonds is 4. The summed E-state index contributed by atoms with van der Waals surface area (Å²) < 4.78 is 0. The van der Waals surface area contributed by atoms with Crippen LogP contribution >= 0.6 is 0 Å². The van der Waals surface area contributed by atoms with Crippen LogP contribution in [0.4, 0.5) is 0 Å². The molecule has 1 unspecified atom stereocenters. The zero-order valence-corrected chi connectivity index (χ0v) is 12.1. The van der Waals surface area contributed by atoms with Gasteiger partial charge in [-0.25, -0.2) is 0 Å². The van der Waals surface area contributed by atoms with Gasteiger partial charge >= 0.3 is 0 Å². The lowest BCUT2D eigenvalue weighted by Crippen LogP contribution is -2.19. The molecule has 0 radical (unpaired) electrons. The summed E-state index contributed by atoms with van der Waals surface area (Å²) in [5, 5.41) is 22.2. The van der Waals surface area contributed by atoms with Crippen LogP contribution in [0.5, 0.6) is 11.5 Å². The van der Waals surface area contributed by atoms with E-state index in [1.165, 1.54) is 22.8 Å². The summed E-state index contributed by atoms with van der Waals surface area (Å²) >= 11 is 0. The minimum atomic E-state index is -0.0867. The first-order chi connectivity index (χ1) is 9.47. The quantitative estimate of drug-likeness (QED) is 0.745. The SMILES string of the molecule is Cc1ccc(C)c(C(C)NCc2ccc(O)c(O)c2)c1. The molecule has 20 heavy (non-hydrogen) atoms. The maximum Gasteiger partial charge on any atom is 0.157 e. The van der Waals surface area contributed by atoms with Crippen LogP contribution in [0.1, 0.15) is 35.2 Å². The van der Waals surface area contributed by atoms with Gasteiger partial charge in [-0.3, -0.25) is 0 Å². The summed E-state index contributed by atoms with van der Waals surface area (Å²) in [7, 11) is 0. The molecule has 0 aliphatic carbocycles. The molecule has 2 aromatic rings. The first-order valence-corrected chi connectivity index (χ1v) is 6.79. The zero-order valence-electron chi connectivity index (χ0n) is 12.1. The number of benzene rings is 2. The van der Waals surface area contributed by atoms with E-state index in [0.29, 0.717) is 6.54 Å². The largest absolute Gasteiger partial charge is 0.504 e. The lowest BCUT2D eigenvalue weighted by atomic mass is 10.00. The summed E-state index contributed by atoms with van der Waals surface area (Å²) in [6.45, 7) is 6.97. The molecule has 106 valence electrons. The molecule has 3 heteroatoms. The van der Waals surface area contributed by atoms with E-state index >= 15 is 0 Å². The number of hydrogen-bond acceptors (Lipinski definition) is 3. The van der Waals surface area contributed by atoms with Gasteiger partial charge in [-0.2, -0.15) is 0 Å². The third-order valence-corrected chi connectivity index (χ3v) is 3.55. The Kier molecular flexibility index (Phi) is 4.30. The summed E-state index contributed by atoms with van der Waals surface area (Å²) in [5.74, 6) is -0.167. The van der Waals surface area contributed by atoms with Gasteiger partial charge < -0.3 is 15.5 Å². The highest BCUT2D eigenvalue weighted by molar-refractivity contribution is 5.40. The fraction of sp³-hybridized carbons (Fsp3) is 0.294. The van der Waals surface area contributed by atoms with E-state index in [1.54, 1.807) is 12.1 Å². The zero-order chi connectivity index (χ0) is 14.7. The Morgan fingerprint density at radius 2 is 1.75 bits per heavy atom. The second-order valence-corrected chi connectivity index (χ2v) is 5.29. The molecule has 0 aromatic heterocycles. The van der Waals surface area contributed by atoms with E-state index < -0.39 is 0 Å². The van der Waals surface area contributed by atoms with Crippen molar-refractivity contribution in [1.82, 2.24) is 5.32 Å². The minimum Gasteiger partial charge on any atom is -0.504 e. The molecular weight excluding hydrogens is 250 g/mol. The molecule has 0 bridgehead atoms. The van der Waals surface area contributed by atoms with Crippen LogP contribution in [0.25, 0.3) is 0 Å². The molecule has 0 aliphatic heterocycles. The van der Waals surface area contributed by atoms with Gasteiger partial charge in [0.1, 0.15) is 0 Å². The molecule has 0 fully saturated rings. The topological polar surface area (TPSA) is 52.5 Å². The fourth-order valence-corrected chi connectivity index (χ4v) is 2.29. The van der Waals surface area contributed by atoms with Crippen LogP contribution in [-0.2, 0) is 6.54 Å². The molecule has 0 saturated heterocycles. The highest BCUT2D eigenvalue weighted by atomic mass is 16.3. The van der Waals surface area contributed by atoms with Crippen molar-refractivity contribution in [2.24, 2.45) is 0 Å². The van der Waals surface area contributed by atoms with Crippen molar-refractivity contribution in [2.75, 3.05) is 0 Å². The summed E-state index contributed by atoms with van der Waals surface area (Å²) in [6, 6.07) is 11.6. The Balaban J connectivity index is 2.06. The van der Waals surface area contributed by atoms with Crippen molar-refractivity contribution in [3.63, 3.8) is 0 Å². The van der Waals surface area contributed by atoms with Gasteiger partial charge in [-0.1, -0.05) is 29.8 Å². The molecule has 3 nitrogen and oxygen atoms in total. The number of nitrogens with one attached hydrogen (secondary N) is 1. The van der Waals surface area contributed by atoms with Crippen LogP contribution in [0.15, 0.2) is 36.4 Å². The van der Waals surface area contributed by atoms with Gasteiger partial charge in [0.2, 0.25) is 0 Å². The normalized spacial score (nSPS) is 12.3. The second kappa shape index (κ2) is 5.97. The van der Waals surface area contributed by atoms with Crippen LogP contribution in [0.2, 0.25) is 0 Å². The second-order valence-electron chi connectivity index (χ2n) is 5.29. The van der Waals surface area contributed by atoms with Crippen LogP contribution < -0.4 is 5.32 Å². The smallest absolute Gasteiger partial charge is 0.157 e. The van der Waals surface area contributed by atoms with E-state index in [2.05, 4.69) is 44.3 Å². The van der Waals surface area contributed by atoms with Crippen LogP contribution in [0.3, 0.4) is 0 Å². The average Bonchev–Trinajstić information content (AvgIpc) is 2.42. The van der Waals surface area contributed by atoms with Gasteiger partial charge in [-0.15, -0.1) is 0 Å². The van der Waals surface area contributed by atoms with Gasteiger partial charge in [-0.05, 0) is 49.6 Å². The third kappa shape index (κ3) is 3.31. The van der Waals surface area contributed by atoms with Crippen molar-refractivity contribution in [3.05, 3.63) is 58.7 Å². The number of hydrogen-bond donors (Lipinski definition) is 3. The van der Waals surface area contributed by atoms with E-state index in [0.717, 1.165) is 5.56 Å². The number of phenolic OH excluding ortho intramolecular Hbond substituents is 2. The third-order valence-electron chi connectivity index (χ3n) is 3.55. The van der Waals surface area contributed by atoms with Gasteiger partial charge in [0.05, 0.1) is 0 Å². The fourth-order valence-electron chi connectivity index (χ4n) is 2.29. The maximum absolute atomic E-state index is 9.49. The maximum atomic E-state index is 9.49. The highest BCUT2D eigenvalue weighted by Gasteiger charge is 2.09. The molecule has 0 heterocycles. The predicted molar refractivity (Wildman–Crippen MR) is 80.9 cm³/mol. The molecular formula is C17H21NO2. The van der Waals surface area contributed by atoms with Crippen molar-refractivity contribution in [1.29, 1.82) is 0 Å². The monoisotopic (exact) mass is 271 g/mol. The van der Waals surface area contributed by atoms with E-state index in [-0.39, 0.29) is 17.5 Å². The Labute approximate surface area is 119 Å². The predicted octanol–water partition coefficient (Wildman–Crippen LogP) is 3.57. The first-order valence-electron chi connectivity index (χ1n) is 6.79. The van der Waals surface area contributed by atoms with E-state index in [4.69, 9.17) is 0 Å². The van der Waals surface area contributed by atoms with Crippen molar-refractivity contribution in [2.45, 2.75) is 33.4 Å². The molecule has 1 atom stereocenters. The minimum absolute atomic E-state index is 0.0799. The van der Waals surface area contributed by atoms with Crippen molar-refractivity contribution in [3.8, 4) is 11.5 Å². The molecule has 2 rings (SSSR count). The first kappa shape index (κ1) is 14.4. The van der Waals surface area contributed by atoms with Gasteiger partial charge in [0.25, 0.3) is 0 Å².